The predicted octanol–water partition coefficient (Wildman–Crippen LogP) is 2.09. The van der Waals surface area contributed by atoms with Crippen LogP contribution in [0.15, 0.2) is 21.9 Å². The molecular formula is C8H6BrN5. The molecule has 1 rings (SSSR count). The Kier molecular flexibility index (Phi) is 3.80. The minimum atomic E-state index is 0.127. The van der Waals surface area contributed by atoms with Crippen LogP contribution in [0.3, 0.4) is 0 Å². The van der Waals surface area contributed by atoms with Crippen LogP contribution in [0.4, 0.5) is 5.82 Å². The van der Waals surface area contributed by atoms with E-state index in [9.17, 15) is 0 Å². The number of azide groups is 1. The Labute approximate surface area is 89.1 Å². The van der Waals surface area contributed by atoms with E-state index < -0.39 is 0 Å². The number of pyridine rings is 1. The molecule has 1 aromatic heterocycles. The van der Waals surface area contributed by atoms with Crippen molar-refractivity contribution in [2.45, 2.75) is 0 Å². The molecule has 6 heteroatoms. The van der Waals surface area contributed by atoms with Gasteiger partial charge in [-0.2, -0.15) is 0 Å². The zero-order valence-electron chi connectivity index (χ0n) is 7.11. The van der Waals surface area contributed by atoms with Gasteiger partial charge in [0.2, 0.25) is 0 Å². The van der Waals surface area contributed by atoms with Crippen LogP contribution in [-0.4, -0.2) is 11.5 Å². The number of anilines is 1. The van der Waals surface area contributed by atoms with Gasteiger partial charge in [0.15, 0.2) is 0 Å². The lowest BCUT2D eigenvalue weighted by atomic mass is 10.2. The molecule has 0 unspecified atom stereocenters. The number of nitrogens with zero attached hydrogens (tertiary/aromatic N) is 4. The zero-order valence-corrected chi connectivity index (χ0v) is 8.69. The maximum Gasteiger partial charge on any atom is 0.139 e. The van der Waals surface area contributed by atoms with Crippen LogP contribution >= 0.6 is 15.9 Å². The maximum absolute atomic E-state index is 8.01. The molecule has 5 nitrogen and oxygen atoms in total. The Morgan fingerprint density at radius 3 is 3.21 bits per heavy atom. The second-order valence-corrected chi connectivity index (χ2v) is 3.19. The molecule has 0 saturated carbocycles. The molecule has 0 atom stereocenters. The highest BCUT2D eigenvalue weighted by Crippen LogP contribution is 2.13. The van der Waals surface area contributed by atoms with Crippen molar-refractivity contribution in [2.75, 3.05) is 12.3 Å². The average Bonchev–Trinajstić information content (AvgIpc) is 2.18. The van der Waals surface area contributed by atoms with Gasteiger partial charge in [0.05, 0.1) is 12.1 Å². The molecule has 1 heterocycles. The van der Waals surface area contributed by atoms with Gasteiger partial charge in [0.25, 0.3) is 0 Å². The molecule has 0 aliphatic heterocycles. The van der Waals surface area contributed by atoms with Gasteiger partial charge in [-0.25, -0.2) is 4.98 Å². The average molecular weight is 252 g/mol. The summed E-state index contributed by atoms with van der Waals surface area (Å²) in [6.45, 7) is 0.127. The quantitative estimate of drug-likeness (QED) is 0.359. The van der Waals surface area contributed by atoms with Crippen LogP contribution < -0.4 is 5.73 Å². The summed E-state index contributed by atoms with van der Waals surface area (Å²) in [4.78, 5) is 6.48. The first kappa shape index (κ1) is 10.4. The molecular weight excluding hydrogens is 246 g/mol. The summed E-state index contributed by atoms with van der Waals surface area (Å²) in [6.07, 6.45) is 1.59. The lowest BCUT2D eigenvalue weighted by Gasteiger charge is -1.96. The third kappa shape index (κ3) is 2.98. The van der Waals surface area contributed by atoms with E-state index in [0.717, 1.165) is 4.47 Å². The normalized spacial score (nSPS) is 8.36. The third-order valence-electron chi connectivity index (χ3n) is 1.32. The molecule has 2 N–H and O–H groups in total. The highest BCUT2D eigenvalue weighted by Gasteiger charge is 1.96. The molecule has 0 fully saturated rings. The monoisotopic (exact) mass is 251 g/mol. The molecule has 0 amide bonds. The number of aromatic nitrogens is 1. The molecule has 0 saturated heterocycles. The standard InChI is InChI=1S/C8H6BrN5/c9-7-4-6(8(10)12-5-7)2-1-3-13-14-11/h4-5H,3H2,(H2,10,12). The molecule has 1 aromatic rings. The van der Waals surface area contributed by atoms with Crippen LogP contribution in [0, 0.1) is 11.8 Å². The minimum absolute atomic E-state index is 0.127. The highest BCUT2D eigenvalue weighted by atomic mass is 79.9. The number of hydrogen-bond donors (Lipinski definition) is 1. The van der Waals surface area contributed by atoms with E-state index in [2.05, 4.69) is 42.8 Å². The molecule has 0 aliphatic rings. The number of hydrogen-bond acceptors (Lipinski definition) is 3. The van der Waals surface area contributed by atoms with Gasteiger partial charge in [-0.3, -0.25) is 0 Å². The van der Waals surface area contributed by atoms with Crippen LogP contribution in [0.25, 0.3) is 10.4 Å². The fourth-order valence-electron chi connectivity index (χ4n) is 0.752. The Bertz CT molecular complexity index is 439. The van der Waals surface area contributed by atoms with Crippen LogP contribution in [0.1, 0.15) is 5.56 Å². The van der Waals surface area contributed by atoms with Crippen molar-refractivity contribution < 1.29 is 0 Å². The molecule has 14 heavy (non-hydrogen) atoms. The van der Waals surface area contributed by atoms with Gasteiger partial charge < -0.3 is 5.73 Å². The number of nitrogen functional groups attached to an aromatic ring is 1. The summed E-state index contributed by atoms with van der Waals surface area (Å²) >= 11 is 3.25. The SMILES string of the molecule is [N-]=[N+]=NCC#Cc1cc(Br)cnc1N. The van der Waals surface area contributed by atoms with Gasteiger partial charge in [-0.05, 0) is 27.5 Å². The molecule has 0 bridgehead atoms. The van der Waals surface area contributed by atoms with Crippen LogP contribution in [-0.2, 0) is 0 Å². The summed E-state index contributed by atoms with van der Waals surface area (Å²) in [5.41, 5.74) is 14.2. The first-order valence-corrected chi connectivity index (χ1v) is 4.44. The van der Waals surface area contributed by atoms with Crippen molar-refractivity contribution in [1.29, 1.82) is 0 Å². The number of nitrogens with two attached hydrogens (primary N) is 1. The zero-order chi connectivity index (χ0) is 10.4. The fraction of sp³-hybridized carbons (Fsp3) is 0.125. The lowest BCUT2D eigenvalue weighted by molar-refractivity contribution is 1.25. The van der Waals surface area contributed by atoms with Crippen molar-refractivity contribution in [3.05, 3.63) is 32.7 Å². The lowest BCUT2D eigenvalue weighted by Crippen LogP contribution is -1.93. The van der Waals surface area contributed by atoms with E-state index in [1.165, 1.54) is 0 Å². The van der Waals surface area contributed by atoms with Gasteiger partial charge in [-0.1, -0.05) is 17.0 Å². The van der Waals surface area contributed by atoms with E-state index in [1.54, 1.807) is 12.3 Å². The summed E-state index contributed by atoms with van der Waals surface area (Å²) in [6, 6.07) is 1.76. The summed E-state index contributed by atoms with van der Waals surface area (Å²) < 4.78 is 0.805. The summed E-state index contributed by atoms with van der Waals surface area (Å²) in [5.74, 6) is 5.78. The summed E-state index contributed by atoms with van der Waals surface area (Å²) in [7, 11) is 0. The molecule has 0 spiro atoms. The number of halogens is 1. The van der Waals surface area contributed by atoms with E-state index in [4.69, 9.17) is 11.3 Å². The Hall–Kier alpha value is -1.70. The molecule has 0 radical (unpaired) electrons. The first-order valence-electron chi connectivity index (χ1n) is 3.65. The third-order valence-corrected chi connectivity index (χ3v) is 1.75. The van der Waals surface area contributed by atoms with Crippen molar-refractivity contribution in [1.82, 2.24) is 4.98 Å². The smallest absolute Gasteiger partial charge is 0.139 e. The van der Waals surface area contributed by atoms with E-state index >= 15 is 0 Å². The first-order chi connectivity index (χ1) is 6.74. The second kappa shape index (κ2) is 5.12. The van der Waals surface area contributed by atoms with Crippen molar-refractivity contribution in [3.8, 4) is 11.8 Å². The van der Waals surface area contributed by atoms with Crippen molar-refractivity contribution in [3.63, 3.8) is 0 Å². The second-order valence-electron chi connectivity index (χ2n) is 2.28. The van der Waals surface area contributed by atoms with Gasteiger partial charge >= 0.3 is 0 Å². The largest absolute Gasteiger partial charge is 0.383 e. The van der Waals surface area contributed by atoms with Crippen molar-refractivity contribution >= 4 is 21.7 Å². The Morgan fingerprint density at radius 1 is 1.71 bits per heavy atom. The van der Waals surface area contributed by atoms with Crippen molar-refractivity contribution in [2.24, 2.45) is 5.11 Å². The predicted molar refractivity (Wildman–Crippen MR) is 57.2 cm³/mol. The molecule has 0 aliphatic carbocycles. The topological polar surface area (TPSA) is 87.7 Å². The minimum Gasteiger partial charge on any atom is -0.383 e. The van der Waals surface area contributed by atoms with E-state index in [-0.39, 0.29) is 6.54 Å². The number of rotatable bonds is 1. The Balaban J connectivity index is 2.88. The fourth-order valence-corrected chi connectivity index (χ4v) is 1.08. The molecule has 0 aromatic carbocycles. The Morgan fingerprint density at radius 2 is 2.50 bits per heavy atom. The van der Waals surface area contributed by atoms with Crippen LogP contribution in [0.5, 0.6) is 0 Å². The van der Waals surface area contributed by atoms with E-state index in [0.29, 0.717) is 11.4 Å². The van der Waals surface area contributed by atoms with Gasteiger partial charge in [-0.15, -0.1) is 0 Å². The highest BCUT2D eigenvalue weighted by molar-refractivity contribution is 9.10. The van der Waals surface area contributed by atoms with Gasteiger partial charge in [0.1, 0.15) is 5.82 Å². The van der Waals surface area contributed by atoms with Crippen LogP contribution in [0.2, 0.25) is 0 Å². The maximum atomic E-state index is 8.01. The van der Waals surface area contributed by atoms with E-state index in [1.807, 2.05) is 0 Å². The molecule has 70 valence electrons. The van der Waals surface area contributed by atoms with Gasteiger partial charge in [0, 0.05) is 15.6 Å². The summed E-state index contributed by atoms with van der Waals surface area (Å²) in [5, 5.41) is 3.27.